The monoisotopic (exact) mass is 326 g/mol. The summed E-state index contributed by atoms with van der Waals surface area (Å²) < 4.78 is 1.85. The van der Waals surface area contributed by atoms with Gasteiger partial charge in [-0.2, -0.15) is 15.6 Å². The normalized spacial score (nSPS) is 10.3. The van der Waals surface area contributed by atoms with Crippen LogP contribution in [0, 0.1) is 22.7 Å². The van der Waals surface area contributed by atoms with E-state index in [-0.39, 0.29) is 6.61 Å². The van der Waals surface area contributed by atoms with E-state index in [1.54, 1.807) is 18.2 Å². The second-order valence-electron chi connectivity index (χ2n) is 4.95. The number of aliphatic hydroxyl groups excluding tert-OH is 1. The van der Waals surface area contributed by atoms with Gasteiger partial charge in [0.1, 0.15) is 0 Å². The first-order chi connectivity index (χ1) is 11.2. The van der Waals surface area contributed by atoms with Gasteiger partial charge in [0, 0.05) is 4.90 Å². The molecule has 0 spiro atoms. The van der Waals surface area contributed by atoms with Crippen LogP contribution in [0.25, 0.3) is 0 Å². The molecule has 0 amide bonds. The smallest absolute Gasteiger partial charge is 0.0992 e. The van der Waals surface area contributed by atoms with Crippen LogP contribution in [0.3, 0.4) is 0 Å². The lowest BCUT2D eigenvalue weighted by molar-refractivity contribution is 0.267. The van der Waals surface area contributed by atoms with Crippen molar-refractivity contribution in [2.45, 2.75) is 43.0 Å². The van der Waals surface area contributed by atoms with Crippen molar-refractivity contribution in [3.63, 3.8) is 0 Å². The second kappa shape index (κ2) is 7.82. The molecule has 0 saturated heterocycles. The molecule has 1 aromatic carbocycles. The van der Waals surface area contributed by atoms with Gasteiger partial charge in [0.15, 0.2) is 0 Å². The number of aliphatic hydroxyl groups is 1. The molecule has 118 valence electrons. The van der Waals surface area contributed by atoms with Crippen LogP contribution < -0.4 is 0 Å². The zero-order chi connectivity index (χ0) is 16.8. The van der Waals surface area contributed by atoms with Gasteiger partial charge in [-0.3, -0.25) is 4.68 Å². The van der Waals surface area contributed by atoms with E-state index >= 15 is 0 Å². The quantitative estimate of drug-likeness (QED) is 0.882. The molecule has 0 atom stereocenters. The molecule has 2 aromatic rings. The highest BCUT2D eigenvalue weighted by molar-refractivity contribution is 7.99. The number of hydrogen-bond acceptors (Lipinski definition) is 5. The average molecular weight is 326 g/mol. The third-order valence-corrected chi connectivity index (χ3v) is 4.59. The summed E-state index contributed by atoms with van der Waals surface area (Å²) in [6.45, 7) is 4.62. The lowest BCUT2D eigenvalue weighted by Gasteiger charge is -2.07. The minimum absolute atomic E-state index is 0.0461. The lowest BCUT2D eigenvalue weighted by atomic mass is 10.1. The number of nitriles is 2. The Morgan fingerprint density at radius 1 is 1.13 bits per heavy atom. The molecular weight excluding hydrogens is 308 g/mol. The van der Waals surface area contributed by atoms with Crippen LogP contribution in [0.15, 0.2) is 28.0 Å². The van der Waals surface area contributed by atoms with Crippen LogP contribution in [0.4, 0.5) is 0 Å². The zero-order valence-corrected chi connectivity index (χ0v) is 14.0. The van der Waals surface area contributed by atoms with Crippen molar-refractivity contribution < 1.29 is 5.11 Å². The van der Waals surface area contributed by atoms with E-state index in [0.29, 0.717) is 17.7 Å². The van der Waals surface area contributed by atoms with Crippen molar-refractivity contribution in [1.29, 1.82) is 10.5 Å². The molecule has 1 N–H and O–H groups in total. The van der Waals surface area contributed by atoms with Gasteiger partial charge in [-0.15, -0.1) is 0 Å². The summed E-state index contributed by atoms with van der Waals surface area (Å²) >= 11 is 1.53. The van der Waals surface area contributed by atoms with Gasteiger partial charge in [-0.1, -0.05) is 25.6 Å². The predicted molar refractivity (Wildman–Crippen MR) is 88.1 cm³/mol. The van der Waals surface area contributed by atoms with Crippen LogP contribution in [0.2, 0.25) is 0 Å². The first-order valence-electron chi connectivity index (χ1n) is 7.49. The summed E-state index contributed by atoms with van der Waals surface area (Å²) in [5.41, 5.74) is 3.00. The van der Waals surface area contributed by atoms with E-state index in [9.17, 15) is 5.11 Å². The van der Waals surface area contributed by atoms with E-state index in [2.05, 4.69) is 24.2 Å². The van der Waals surface area contributed by atoms with Crippen molar-refractivity contribution in [2.24, 2.45) is 0 Å². The van der Waals surface area contributed by atoms with Gasteiger partial charge in [0.25, 0.3) is 0 Å². The maximum atomic E-state index is 9.20. The topological polar surface area (TPSA) is 85.6 Å². The third-order valence-electron chi connectivity index (χ3n) is 3.44. The minimum atomic E-state index is 0.0461. The second-order valence-corrected chi connectivity index (χ2v) is 6.03. The largest absolute Gasteiger partial charge is 0.394 e. The summed E-state index contributed by atoms with van der Waals surface area (Å²) in [5, 5.41) is 32.0. The first-order valence-corrected chi connectivity index (χ1v) is 8.30. The molecule has 5 nitrogen and oxygen atoms in total. The summed E-state index contributed by atoms with van der Waals surface area (Å²) in [6.07, 6.45) is 1.59. The van der Waals surface area contributed by atoms with Gasteiger partial charge in [-0.05, 0) is 31.0 Å². The van der Waals surface area contributed by atoms with Crippen LogP contribution in [0.1, 0.15) is 36.4 Å². The lowest BCUT2D eigenvalue weighted by Crippen LogP contribution is -2.07. The zero-order valence-electron chi connectivity index (χ0n) is 13.2. The molecule has 1 aromatic heterocycles. The molecule has 1 heterocycles. The van der Waals surface area contributed by atoms with Crippen molar-refractivity contribution in [1.82, 2.24) is 9.78 Å². The number of benzene rings is 1. The van der Waals surface area contributed by atoms with Crippen LogP contribution in [0.5, 0.6) is 0 Å². The third kappa shape index (κ3) is 3.73. The molecule has 23 heavy (non-hydrogen) atoms. The number of hydrogen-bond donors (Lipinski definition) is 1. The van der Waals surface area contributed by atoms with Crippen molar-refractivity contribution in [3.8, 4) is 12.1 Å². The van der Waals surface area contributed by atoms with Crippen molar-refractivity contribution in [3.05, 3.63) is 40.7 Å². The predicted octanol–water partition coefficient (Wildman–Crippen LogP) is 2.89. The van der Waals surface area contributed by atoms with E-state index in [1.165, 1.54) is 11.8 Å². The minimum Gasteiger partial charge on any atom is -0.394 e. The Morgan fingerprint density at radius 2 is 1.78 bits per heavy atom. The molecule has 0 bridgehead atoms. The molecule has 0 fully saturated rings. The standard InChI is InChI=1S/C17H18N4OS/c1-3-15-17(16(4-2)21(20-15)5-6-22)23-14-8-12(10-18)7-13(9-14)11-19/h7-9,22H,3-6H2,1-2H3. The number of nitrogens with zero attached hydrogens (tertiary/aromatic N) is 4. The molecule has 6 heteroatoms. The Balaban J connectivity index is 2.47. The van der Waals surface area contributed by atoms with E-state index < -0.39 is 0 Å². The number of aryl methyl sites for hydroxylation is 1. The van der Waals surface area contributed by atoms with Gasteiger partial charge in [-0.25, -0.2) is 0 Å². The number of aromatic nitrogens is 2. The Labute approximate surface area is 140 Å². The SMILES string of the molecule is CCc1nn(CCO)c(CC)c1Sc1cc(C#N)cc(C#N)c1. The average Bonchev–Trinajstić information content (AvgIpc) is 2.91. The summed E-state index contributed by atoms with van der Waals surface area (Å²) in [5.74, 6) is 0. The summed E-state index contributed by atoms with van der Waals surface area (Å²) in [7, 11) is 0. The molecule has 0 saturated carbocycles. The Hall–Kier alpha value is -2.28. The molecule has 0 aliphatic heterocycles. The van der Waals surface area contributed by atoms with Crippen molar-refractivity contribution >= 4 is 11.8 Å². The fourth-order valence-electron chi connectivity index (χ4n) is 2.41. The Bertz CT molecular complexity index is 751. The Morgan fingerprint density at radius 3 is 2.26 bits per heavy atom. The van der Waals surface area contributed by atoms with Crippen LogP contribution in [-0.2, 0) is 19.4 Å². The van der Waals surface area contributed by atoms with Gasteiger partial charge < -0.3 is 5.11 Å². The molecule has 0 unspecified atom stereocenters. The van der Waals surface area contributed by atoms with Crippen molar-refractivity contribution in [2.75, 3.05) is 6.61 Å². The van der Waals surface area contributed by atoms with E-state index in [1.807, 2.05) is 11.6 Å². The molecule has 0 aliphatic rings. The fourth-order valence-corrected chi connectivity index (χ4v) is 3.69. The molecular formula is C17H18N4OS. The van der Waals surface area contributed by atoms with Gasteiger partial charge >= 0.3 is 0 Å². The van der Waals surface area contributed by atoms with Gasteiger partial charge in [0.05, 0.1) is 52.7 Å². The van der Waals surface area contributed by atoms with E-state index in [4.69, 9.17) is 10.5 Å². The highest BCUT2D eigenvalue weighted by atomic mass is 32.2. The van der Waals surface area contributed by atoms with Crippen LogP contribution in [-0.4, -0.2) is 21.5 Å². The molecule has 0 radical (unpaired) electrons. The fraction of sp³-hybridized carbons (Fsp3) is 0.353. The Kier molecular flexibility index (Phi) is 5.81. The highest BCUT2D eigenvalue weighted by Crippen LogP contribution is 2.35. The van der Waals surface area contributed by atoms with Crippen LogP contribution >= 0.6 is 11.8 Å². The highest BCUT2D eigenvalue weighted by Gasteiger charge is 2.17. The summed E-state index contributed by atoms with van der Waals surface area (Å²) in [6, 6.07) is 9.34. The summed E-state index contributed by atoms with van der Waals surface area (Å²) in [4.78, 5) is 1.91. The van der Waals surface area contributed by atoms with E-state index in [0.717, 1.165) is 34.0 Å². The molecule has 0 aliphatic carbocycles. The first kappa shape index (κ1) is 17.1. The molecule has 2 rings (SSSR count). The van der Waals surface area contributed by atoms with Gasteiger partial charge in [0.2, 0.25) is 0 Å². The number of rotatable bonds is 6. The maximum absolute atomic E-state index is 9.20. The maximum Gasteiger partial charge on any atom is 0.0992 e.